The first-order chi connectivity index (χ1) is 5.77. The number of rotatable bonds is 3. The third-order valence-electron chi connectivity index (χ3n) is 2.11. The summed E-state index contributed by atoms with van der Waals surface area (Å²) in [6, 6.07) is 6.78. The van der Waals surface area contributed by atoms with E-state index in [1.54, 1.807) is 0 Å². The summed E-state index contributed by atoms with van der Waals surface area (Å²) < 4.78 is 1.22. The first-order valence-electron chi connectivity index (χ1n) is 4.42. The molecule has 0 N–H and O–H groups in total. The first-order valence-corrected chi connectivity index (χ1v) is 5.95. The maximum Gasteiger partial charge on any atom is 0.00359 e. The van der Waals surface area contributed by atoms with Crippen molar-refractivity contribution in [1.82, 2.24) is 0 Å². The largest absolute Gasteiger partial charge is 0.0860 e. The zero-order chi connectivity index (χ0) is 8.97. The summed E-state index contributed by atoms with van der Waals surface area (Å²) in [5, 5.41) is 0. The van der Waals surface area contributed by atoms with E-state index in [0.29, 0.717) is 0 Å². The van der Waals surface area contributed by atoms with Crippen LogP contribution in [0.4, 0.5) is 0 Å². The van der Waals surface area contributed by atoms with E-state index in [9.17, 15) is 0 Å². The molecule has 0 aromatic heterocycles. The Morgan fingerprint density at radius 3 is 2.58 bits per heavy atom. The molecule has 0 nitrogen and oxygen atoms in total. The van der Waals surface area contributed by atoms with Gasteiger partial charge in [0.25, 0.3) is 0 Å². The highest BCUT2D eigenvalue weighted by Crippen LogP contribution is 2.13. The zero-order valence-corrected chi connectivity index (χ0v) is 9.89. The smallest absolute Gasteiger partial charge is 0.00359 e. The van der Waals surface area contributed by atoms with E-state index in [0.717, 1.165) is 6.42 Å². The summed E-state index contributed by atoms with van der Waals surface area (Å²) in [5.74, 6) is 0. The molecular formula is C11H15I. The molecule has 0 aliphatic heterocycles. The van der Waals surface area contributed by atoms with Gasteiger partial charge in [0, 0.05) is 4.43 Å². The topological polar surface area (TPSA) is 0 Å². The molecule has 0 unspecified atom stereocenters. The Morgan fingerprint density at radius 1 is 1.25 bits per heavy atom. The van der Waals surface area contributed by atoms with Gasteiger partial charge in [-0.1, -0.05) is 53.3 Å². The van der Waals surface area contributed by atoms with Gasteiger partial charge in [-0.15, -0.1) is 0 Å². The standard InChI is InChI=1S/C11H15I/c1-3-10-5-4-9(2)8-11(10)6-7-12/h4-5,8H,3,6-7H2,1-2H3. The fraction of sp³-hybridized carbons (Fsp3) is 0.455. The summed E-state index contributed by atoms with van der Waals surface area (Å²) in [6.45, 7) is 4.39. The minimum absolute atomic E-state index is 1.16. The maximum absolute atomic E-state index is 2.44. The van der Waals surface area contributed by atoms with Crippen LogP contribution in [0.25, 0.3) is 0 Å². The van der Waals surface area contributed by atoms with E-state index >= 15 is 0 Å². The minimum Gasteiger partial charge on any atom is -0.0860 e. The van der Waals surface area contributed by atoms with Crippen LogP contribution in [-0.2, 0) is 12.8 Å². The van der Waals surface area contributed by atoms with Crippen molar-refractivity contribution >= 4 is 22.6 Å². The molecule has 0 aliphatic carbocycles. The third kappa shape index (κ3) is 2.47. The molecule has 0 bridgehead atoms. The monoisotopic (exact) mass is 274 g/mol. The molecule has 1 aromatic rings. The van der Waals surface area contributed by atoms with Crippen LogP contribution in [0.15, 0.2) is 18.2 Å². The molecule has 0 saturated carbocycles. The number of hydrogen-bond donors (Lipinski definition) is 0. The predicted octanol–water partition coefficient (Wildman–Crippen LogP) is 3.53. The van der Waals surface area contributed by atoms with E-state index in [-0.39, 0.29) is 0 Å². The first kappa shape index (κ1) is 10.0. The van der Waals surface area contributed by atoms with Gasteiger partial charge >= 0.3 is 0 Å². The normalized spacial score (nSPS) is 10.2. The molecule has 0 amide bonds. The highest BCUT2D eigenvalue weighted by atomic mass is 127. The summed E-state index contributed by atoms with van der Waals surface area (Å²) in [6.07, 6.45) is 2.37. The van der Waals surface area contributed by atoms with Gasteiger partial charge in [-0.25, -0.2) is 0 Å². The lowest BCUT2D eigenvalue weighted by Crippen LogP contribution is -1.94. The van der Waals surface area contributed by atoms with Crippen molar-refractivity contribution in [3.8, 4) is 0 Å². The molecule has 1 aromatic carbocycles. The van der Waals surface area contributed by atoms with Crippen molar-refractivity contribution < 1.29 is 0 Å². The van der Waals surface area contributed by atoms with Crippen LogP contribution < -0.4 is 0 Å². The van der Waals surface area contributed by atoms with Crippen LogP contribution in [0, 0.1) is 6.92 Å². The van der Waals surface area contributed by atoms with Crippen LogP contribution in [0.1, 0.15) is 23.6 Å². The average molecular weight is 274 g/mol. The summed E-state index contributed by atoms with van der Waals surface area (Å²) in [4.78, 5) is 0. The molecule has 1 rings (SSSR count). The second-order valence-corrected chi connectivity index (χ2v) is 4.14. The van der Waals surface area contributed by atoms with Gasteiger partial charge in [0.15, 0.2) is 0 Å². The van der Waals surface area contributed by atoms with Gasteiger partial charge < -0.3 is 0 Å². The molecular weight excluding hydrogens is 259 g/mol. The highest BCUT2D eigenvalue weighted by Gasteiger charge is 1.99. The lowest BCUT2D eigenvalue weighted by molar-refractivity contribution is 1.05. The van der Waals surface area contributed by atoms with Gasteiger partial charge in [0.1, 0.15) is 0 Å². The zero-order valence-electron chi connectivity index (χ0n) is 7.73. The quantitative estimate of drug-likeness (QED) is 0.584. The lowest BCUT2D eigenvalue weighted by atomic mass is 10.0. The van der Waals surface area contributed by atoms with Crippen LogP contribution in [0.3, 0.4) is 0 Å². The van der Waals surface area contributed by atoms with Crippen LogP contribution in [0.2, 0.25) is 0 Å². The van der Waals surface area contributed by atoms with Gasteiger partial charge in [0.2, 0.25) is 0 Å². The summed E-state index contributed by atoms with van der Waals surface area (Å²) in [5.41, 5.74) is 4.43. The molecule has 0 fully saturated rings. The van der Waals surface area contributed by atoms with Crippen molar-refractivity contribution in [2.75, 3.05) is 4.43 Å². The van der Waals surface area contributed by atoms with Gasteiger partial charge in [0.05, 0.1) is 0 Å². The van der Waals surface area contributed by atoms with Gasteiger partial charge in [-0.05, 0) is 30.9 Å². The molecule has 0 radical (unpaired) electrons. The SMILES string of the molecule is CCc1ccc(C)cc1CCI. The Morgan fingerprint density at radius 2 is 2.00 bits per heavy atom. The van der Waals surface area contributed by atoms with Crippen molar-refractivity contribution in [3.63, 3.8) is 0 Å². The molecule has 1 heteroatoms. The van der Waals surface area contributed by atoms with Crippen LogP contribution in [-0.4, -0.2) is 4.43 Å². The molecule has 12 heavy (non-hydrogen) atoms. The Labute approximate surface area is 88.5 Å². The number of hydrogen-bond acceptors (Lipinski definition) is 0. The Hall–Kier alpha value is -0.0500. The van der Waals surface area contributed by atoms with Crippen LogP contribution in [0.5, 0.6) is 0 Å². The molecule has 0 atom stereocenters. The minimum atomic E-state index is 1.16. The Kier molecular flexibility index (Phi) is 4.06. The average Bonchev–Trinajstić information content (AvgIpc) is 2.05. The van der Waals surface area contributed by atoms with Gasteiger partial charge in [-0.2, -0.15) is 0 Å². The fourth-order valence-corrected chi connectivity index (χ4v) is 2.02. The van der Waals surface area contributed by atoms with E-state index in [1.165, 1.54) is 27.5 Å². The van der Waals surface area contributed by atoms with E-state index in [2.05, 4.69) is 54.6 Å². The predicted molar refractivity (Wildman–Crippen MR) is 63.1 cm³/mol. The number of halogens is 1. The third-order valence-corrected chi connectivity index (χ3v) is 2.65. The second-order valence-electron chi connectivity index (χ2n) is 3.06. The van der Waals surface area contributed by atoms with Crippen molar-refractivity contribution in [3.05, 3.63) is 34.9 Å². The molecule has 0 aliphatic rings. The van der Waals surface area contributed by atoms with Crippen molar-refractivity contribution in [2.24, 2.45) is 0 Å². The maximum atomic E-state index is 2.44. The fourth-order valence-electron chi connectivity index (χ4n) is 1.43. The molecule has 66 valence electrons. The highest BCUT2D eigenvalue weighted by molar-refractivity contribution is 14.1. The molecule has 0 saturated heterocycles. The van der Waals surface area contributed by atoms with Crippen LogP contribution >= 0.6 is 22.6 Å². The summed E-state index contributed by atoms with van der Waals surface area (Å²) in [7, 11) is 0. The second kappa shape index (κ2) is 4.85. The summed E-state index contributed by atoms with van der Waals surface area (Å²) >= 11 is 2.44. The van der Waals surface area contributed by atoms with E-state index in [1.807, 2.05) is 0 Å². The number of benzene rings is 1. The van der Waals surface area contributed by atoms with E-state index < -0.39 is 0 Å². The number of alkyl halides is 1. The molecule has 0 spiro atoms. The number of aryl methyl sites for hydroxylation is 3. The Balaban J connectivity index is 2.95. The lowest BCUT2D eigenvalue weighted by Gasteiger charge is -2.06. The Bertz CT molecular complexity index is 253. The van der Waals surface area contributed by atoms with Crippen molar-refractivity contribution in [1.29, 1.82) is 0 Å². The van der Waals surface area contributed by atoms with E-state index in [4.69, 9.17) is 0 Å². The molecule has 0 heterocycles. The van der Waals surface area contributed by atoms with Gasteiger partial charge in [-0.3, -0.25) is 0 Å². The van der Waals surface area contributed by atoms with Crippen molar-refractivity contribution in [2.45, 2.75) is 26.7 Å².